The van der Waals surface area contributed by atoms with Crippen molar-refractivity contribution in [3.05, 3.63) is 23.8 Å². The maximum atomic E-state index is 11.8. The van der Waals surface area contributed by atoms with E-state index in [1.54, 1.807) is 19.1 Å². The number of hydrogen-bond acceptors (Lipinski definition) is 4. The van der Waals surface area contributed by atoms with Gasteiger partial charge in [0.2, 0.25) is 0 Å². The third-order valence-corrected chi connectivity index (χ3v) is 2.88. The Balaban J connectivity index is 2.86. The van der Waals surface area contributed by atoms with E-state index < -0.39 is 0 Å². The first-order chi connectivity index (χ1) is 8.58. The van der Waals surface area contributed by atoms with Crippen molar-refractivity contribution in [1.82, 2.24) is 0 Å². The smallest absolute Gasteiger partial charge is 0.340 e. The summed E-state index contributed by atoms with van der Waals surface area (Å²) < 4.78 is 5.02. The van der Waals surface area contributed by atoms with Crippen molar-refractivity contribution in [2.24, 2.45) is 5.92 Å². The fraction of sp³-hybridized carbons (Fsp3) is 0.500. The van der Waals surface area contributed by atoms with Crippen molar-refractivity contribution in [2.75, 3.05) is 24.2 Å². The van der Waals surface area contributed by atoms with Crippen molar-refractivity contribution >= 4 is 17.3 Å². The standard InChI is InChI=1S/C14H22N2O2/c1-4-10(3)9-16-13-7-6-11(15)8-12(13)14(17)18-5-2/h6-8,10,16H,4-5,9,15H2,1-3H3. The first-order valence-corrected chi connectivity index (χ1v) is 6.39. The Hall–Kier alpha value is -1.71. The molecule has 100 valence electrons. The second kappa shape index (κ2) is 6.89. The lowest BCUT2D eigenvalue weighted by Gasteiger charge is -2.14. The Morgan fingerprint density at radius 2 is 2.17 bits per heavy atom. The monoisotopic (exact) mass is 250 g/mol. The van der Waals surface area contributed by atoms with Crippen molar-refractivity contribution in [1.29, 1.82) is 0 Å². The Bertz CT molecular complexity index is 405. The number of ether oxygens (including phenoxy) is 1. The second-order valence-electron chi connectivity index (χ2n) is 4.42. The molecule has 0 heterocycles. The quantitative estimate of drug-likeness (QED) is 0.602. The minimum absolute atomic E-state index is 0.337. The average molecular weight is 250 g/mol. The van der Waals surface area contributed by atoms with Gasteiger partial charge in [0.15, 0.2) is 0 Å². The van der Waals surface area contributed by atoms with Gasteiger partial charge >= 0.3 is 5.97 Å². The van der Waals surface area contributed by atoms with Gasteiger partial charge in [-0.1, -0.05) is 20.3 Å². The van der Waals surface area contributed by atoms with E-state index in [1.807, 2.05) is 6.07 Å². The highest BCUT2D eigenvalue weighted by atomic mass is 16.5. The lowest BCUT2D eigenvalue weighted by atomic mass is 10.1. The number of nitrogens with one attached hydrogen (secondary N) is 1. The molecule has 0 aliphatic rings. The molecule has 0 saturated heterocycles. The van der Waals surface area contributed by atoms with E-state index in [-0.39, 0.29) is 5.97 Å². The number of carbonyl (C=O) groups excluding carboxylic acids is 1. The Kier molecular flexibility index (Phi) is 5.49. The van der Waals surface area contributed by atoms with E-state index >= 15 is 0 Å². The first-order valence-electron chi connectivity index (χ1n) is 6.39. The molecule has 0 radical (unpaired) electrons. The Labute approximate surface area is 109 Å². The number of nitrogens with two attached hydrogens (primary N) is 1. The number of rotatable bonds is 6. The summed E-state index contributed by atoms with van der Waals surface area (Å²) >= 11 is 0. The molecule has 18 heavy (non-hydrogen) atoms. The molecule has 1 aromatic rings. The number of hydrogen-bond donors (Lipinski definition) is 2. The van der Waals surface area contributed by atoms with Gasteiger partial charge in [0.05, 0.1) is 12.2 Å². The fourth-order valence-corrected chi connectivity index (χ4v) is 1.52. The van der Waals surface area contributed by atoms with Crippen LogP contribution in [0.4, 0.5) is 11.4 Å². The van der Waals surface area contributed by atoms with Crippen LogP contribution in [-0.2, 0) is 4.74 Å². The van der Waals surface area contributed by atoms with Crippen LogP contribution in [-0.4, -0.2) is 19.1 Å². The van der Waals surface area contributed by atoms with Gasteiger partial charge in [-0.15, -0.1) is 0 Å². The Morgan fingerprint density at radius 3 is 2.78 bits per heavy atom. The fourth-order valence-electron chi connectivity index (χ4n) is 1.52. The predicted octanol–water partition coefficient (Wildman–Crippen LogP) is 2.90. The van der Waals surface area contributed by atoms with Crippen LogP contribution in [0.1, 0.15) is 37.6 Å². The lowest BCUT2D eigenvalue weighted by molar-refractivity contribution is 0.0527. The highest BCUT2D eigenvalue weighted by molar-refractivity contribution is 5.96. The van der Waals surface area contributed by atoms with Gasteiger partial charge in [-0.05, 0) is 31.0 Å². The molecule has 0 saturated carbocycles. The van der Waals surface area contributed by atoms with Gasteiger partial charge in [0, 0.05) is 17.9 Å². The van der Waals surface area contributed by atoms with Gasteiger partial charge in [-0.25, -0.2) is 4.79 Å². The van der Waals surface area contributed by atoms with Crippen LogP contribution in [0.15, 0.2) is 18.2 Å². The van der Waals surface area contributed by atoms with Crippen molar-refractivity contribution in [3.8, 4) is 0 Å². The summed E-state index contributed by atoms with van der Waals surface area (Å²) in [5.74, 6) is 0.217. The minimum Gasteiger partial charge on any atom is -0.462 e. The highest BCUT2D eigenvalue weighted by Gasteiger charge is 2.13. The zero-order valence-electron chi connectivity index (χ0n) is 11.3. The van der Waals surface area contributed by atoms with Gasteiger partial charge in [0.25, 0.3) is 0 Å². The summed E-state index contributed by atoms with van der Waals surface area (Å²) in [6, 6.07) is 5.25. The zero-order chi connectivity index (χ0) is 13.5. The minimum atomic E-state index is -0.337. The predicted molar refractivity (Wildman–Crippen MR) is 74.8 cm³/mol. The van der Waals surface area contributed by atoms with Gasteiger partial charge in [-0.2, -0.15) is 0 Å². The SMILES string of the molecule is CCOC(=O)c1cc(N)ccc1NCC(C)CC. The largest absolute Gasteiger partial charge is 0.462 e. The molecule has 4 nitrogen and oxygen atoms in total. The molecule has 3 N–H and O–H groups in total. The van der Waals surface area contributed by atoms with Crippen LogP contribution in [0.25, 0.3) is 0 Å². The second-order valence-corrected chi connectivity index (χ2v) is 4.42. The molecule has 0 bridgehead atoms. The third kappa shape index (κ3) is 3.95. The molecule has 0 spiro atoms. The van der Waals surface area contributed by atoms with Crippen LogP contribution >= 0.6 is 0 Å². The summed E-state index contributed by atoms with van der Waals surface area (Å²) in [7, 11) is 0. The molecule has 1 unspecified atom stereocenters. The number of anilines is 2. The molecule has 0 fully saturated rings. The summed E-state index contributed by atoms with van der Waals surface area (Å²) in [6.45, 7) is 7.28. The van der Waals surface area contributed by atoms with Gasteiger partial charge in [0.1, 0.15) is 0 Å². The summed E-state index contributed by atoms with van der Waals surface area (Å²) in [6.07, 6.45) is 1.09. The van der Waals surface area contributed by atoms with Gasteiger partial charge < -0.3 is 15.8 Å². The Morgan fingerprint density at radius 1 is 1.44 bits per heavy atom. The molecule has 0 aliphatic carbocycles. The van der Waals surface area contributed by atoms with Crippen molar-refractivity contribution in [2.45, 2.75) is 27.2 Å². The molecule has 4 heteroatoms. The average Bonchev–Trinajstić information content (AvgIpc) is 2.37. The number of nitrogen functional groups attached to an aromatic ring is 1. The van der Waals surface area contributed by atoms with Crippen LogP contribution in [0.2, 0.25) is 0 Å². The number of benzene rings is 1. The summed E-state index contributed by atoms with van der Waals surface area (Å²) in [4.78, 5) is 11.8. The van der Waals surface area contributed by atoms with Crippen molar-refractivity contribution < 1.29 is 9.53 Å². The molecule has 0 aromatic heterocycles. The molecule has 1 aromatic carbocycles. The lowest BCUT2D eigenvalue weighted by Crippen LogP contribution is -2.14. The maximum Gasteiger partial charge on any atom is 0.340 e. The van der Waals surface area contributed by atoms with E-state index in [2.05, 4.69) is 19.2 Å². The topological polar surface area (TPSA) is 64.3 Å². The summed E-state index contributed by atoms with van der Waals surface area (Å²) in [5, 5.41) is 3.27. The number of esters is 1. The van der Waals surface area contributed by atoms with Crippen LogP contribution in [0.5, 0.6) is 0 Å². The molecule has 1 rings (SSSR count). The maximum absolute atomic E-state index is 11.8. The third-order valence-electron chi connectivity index (χ3n) is 2.88. The van der Waals surface area contributed by atoms with E-state index in [9.17, 15) is 4.79 Å². The van der Waals surface area contributed by atoms with E-state index in [4.69, 9.17) is 10.5 Å². The highest BCUT2D eigenvalue weighted by Crippen LogP contribution is 2.20. The molecule has 1 atom stereocenters. The first kappa shape index (κ1) is 14.4. The molecular weight excluding hydrogens is 228 g/mol. The molecule has 0 aliphatic heterocycles. The van der Waals surface area contributed by atoms with Crippen LogP contribution < -0.4 is 11.1 Å². The van der Waals surface area contributed by atoms with Crippen molar-refractivity contribution in [3.63, 3.8) is 0 Å². The van der Waals surface area contributed by atoms with Crippen LogP contribution in [0, 0.1) is 5.92 Å². The van der Waals surface area contributed by atoms with Crippen LogP contribution in [0.3, 0.4) is 0 Å². The van der Waals surface area contributed by atoms with Gasteiger partial charge in [-0.3, -0.25) is 0 Å². The van der Waals surface area contributed by atoms with E-state index in [0.717, 1.165) is 18.7 Å². The normalized spacial score (nSPS) is 11.9. The molecular formula is C14H22N2O2. The molecule has 0 amide bonds. The number of carbonyl (C=O) groups is 1. The van der Waals surface area contributed by atoms with E-state index in [1.165, 1.54) is 0 Å². The zero-order valence-corrected chi connectivity index (χ0v) is 11.3. The summed E-state index contributed by atoms with van der Waals surface area (Å²) in [5.41, 5.74) is 7.55. The van der Waals surface area contributed by atoms with E-state index in [0.29, 0.717) is 23.8 Å².